The van der Waals surface area contributed by atoms with Crippen LogP contribution in [0, 0.1) is 5.92 Å². The van der Waals surface area contributed by atoms with E-state index in [1.165, 1.54) is 12.0 Å². The number of fused-ring (bicyclic) bond motifs is 3. The molecule has 1 saturated carbocycles. The molecule has 28 heavy (non-hydrogen) atoms. The summed E-state index contributed by atoms with van der Waals surface area (Å²) < 4.78 is 2.05. The van der Waals surface area contributed by atoms with Crippen LogP contribution in [0.25, 0.3) is 0 Å². The van der Waals surface area contributed by atoms with E-state index in [-0.39, 0.29) is 23.1 Å². The van der Waals surface area contributed by atoms with Crippen LogP contribution in [0.15, 0.2) is 27.8 Å². The summed E-state index contributed by atoms with van der Waals surface area (Å²) in [5.74, 6) is 1.37. The number of hydrogen-bond donors (Lipinski definition) is 1. The normalized spacial score (nSPS) is 24.9. The fourth-order valence-corrected chi connectivity index (χ4v) is 5.73. The molecule has 1 amide bonds. The molecule has 2 aliphatic heterocycles. The molecule has 1 saturated heterocycles. The van der Waals surface area contributed by atoms with Crippen LogP contribution >= 0.6 is 11.3 Å². The molecule has 3 aliphatic rings. The first kappa shape index (κ1) is 18.1. The molecule has 7 heteroatoms. The highest BCUT2D eigenvalue weighted by atomic mass is 32.1. The smallest absolute Gasteiger partial charge is 0.285 e. The van der Waals surface area contributed by atoms with Crippen LogP contribution in [0.1, 0.15) is 59.8 Å². The van der Waals surface area contributed by atoms with Crippen molar-refractivity contribution in [3.8, 4) is 0 Å². The zero-order chi connectivity index (χ0) is 19.1. The Balaban J connectivity index is 1.30. The Bertz CT molecular complexity index is 917. The van der Waals surface area contributed by atoms with E-state index in [2.05, 4.69) is 36.6 Å². The molecule has 5 rings (SSSR count). The summed E-state index contributed by atoms with van der Waals surface area (Å²) in [7, 11) is 0. The fraction of sp³-hybridized carbons (Fsp3) is 0.571. The van der Waals surface area contributed by atoms with Gasteiger partial charge in [0.2, 0.25) is 0 Å². The predicted molar refractivity (Wildman–Crippen MR) is 109 cm³/mol. The molecule has 2 aromatic heterocycles. The summed E-state index contributed by atoms with van der Waals surface area (Å²) in [6, 6.07) is 2.37. The second-order valence-electron chi connectivity index (χ2n) is 8.47. The van der Waals surface area contributed by atoms with Crippen molar-refractivity contribution in [2.24, 2.45) is 5.92 Å². The zero-order valence-electron chi connectivity index (χ0n) is 16.0. The van der Waals surface area contributed by atoms with E-state index in [0.29, 0.717) is 11.8 Å². The third kappa shape index (κ3) is 3.42. The third-order valence-electron chi connectivity index (χ3n) is 6.48. The van der Waals surface area contributed by atoms with Crippen LogP contribution in [-0.2, 0) is 13.1 Å². The Morgan fingerprint density at radius 1 is 1.21 bits per heavy atom. The Kier molecular flexibility index (Phi) is 4.80. The van der Waals surface area contributed by atoms with Crippen LogP contribution in [-0.4, -0.2) is 39.5 Å². The summed E-state index contributed by atoms with van der Waals surface area (Å²) in [5.41, 5.74) is 1.17. The molecule has 1 N–H and O–H groups in total. The van der Waals surface area contributed by atoms with E-state index in [9.17, 15) is 9.59 Å². The summed E-state index contributed by atoms with van der Waals surface area (Å²) in [5, 5.41) is 7.36. The maximum absolute atomic E-state index is 12.6. The molecule has 0 spiro atoms. The van der Waals surface area contributed by atoms with Crippen LogP contribution < -0.4 is 10.9 Å². The van der Waals surface area contributed by atoms with E-state index in [1.54, 1.807) is 17.5 Å². The first-order valence-corrected chi connectivity index (χ1v) is 11.3. The maximum Gasteiger partial charge on any atom is 0.285 e. The molecular weight excluding hydrogens is 372 g/mol. The van der Waals surface area contributed by atoms with Crippen molar-refractivity contribution in [2.75, 3.05) is 13.1 Å². The lowest BCUT2D eigenvalue weighted by Crippen LogP contribution is -2.39. The number of likely N-dealkylation sites (tertiary alicyclic amines) is 1. The van der Waals surface area contributed by atoms with E-state index in [4.69, 9.17) is 0 Å². The Labute approximate surface area is 168 Å². The minimum Gasteiger partial charge on any atom is -0.349 e. The van der Waals surface area contributed by atoms with Crippen LogP contribution in [0.4, 0.5) is 0 Å². The number of thiophene rings is 1. The molecule has 2 fully saturated rings. The molecular formula is C21H26N4O2S. The molecule has 4 heterocycles. The van der Waals surface area contributed by atoms with Gasteiger partial charge in [-0.2, -0.15) is 16.3 Å². The van der Waals surface area contributed by atoms with Crippen molar-refractivity contribution in [1.82, 2.24) is 19.8 Å². The lowest BCUT2D eigenvalue weighted by molar-refractivity contribution is 0.0925. The van der Waals surface area contributed by atoms with Crippen LogP contribution in [0.3, 0.4) is 0 Å². The van der Waals surface area contributed by atoms with E-state index >= 15 is 0 Å². The van der Waals surface area contributed by atoms with Gasteiger partial charge in [-0.1, -0.05) is 19.3 Å². The highest BCUT2D eigenvalue weighted by Crippen LogP contribution is 2.38. The van der Waals surface area contributed by atoms with Crippen LogP contribution in [0.2, 0.25) is 0 Å². The van der Waals surface area contributed by atoms with Gasteiger partial charge in [0.1, 0.15) is 11.4 Å². The number of carbonyl (C=O) groups is 1. The van der Waals surface area contributed by atoms with Gasteiger partial charge in [-0.05, 0) is 35.2 Å². The van der Waals surface area contributed by atoms with Crippen molar-refractivity contribution >= 4 is 17.2 Å². The minimum absolute atomic E-state index is 0.198. The third-order valence-corrected chi connectivity index (χ3v) is 7.21. The van der Waals surface area contributed by atoms with Gasteiger partial charge in [0.25, 0.3) is 11.5 Å². The van der Waals surface area contributed by atoms with Gasteiger partial charge >= 0.3 is 0 Å². The number of rotatable bonds is 4. The van der Waals surface area contributed by atoms with Gasteiger partial charge in [-0.3, -0.25) is 14.5 Å². The van der Waals surface area contributed by atoms with E-state index in [1.807, 2.05) is 0 Å². The van der Waals surface area contributed by atoms with Gasteiger partial charge in [-0.15, -0.1) is 0 Å². The molecule has 2 aromatic rings. The molecule has 0 aromatic carbocycles. The Morgan fingerprint density at radius 3 is 2.86 bits per heavy atom. The average molecular weight is 399 g/mol. The van der Waals surface area contributed by atoms with Crippen molar-refractivity contribution in [1.29, 1.82) is 0 Å². The topological polar surface area (TPSA) is 67.2 Å². The average Bonchev–Trinajstić information content (AvgIpc) is 3.39. The minimum atomic E-state index is -0.378. The molecule has 0 bridgehead atoms. The van der Waals surface area contributed by atoms with Crippen molar-refractivity contribution in [3.05, 3.63) is 50.3 Å². The summed E-state index contributed by atoms with van der Waals surface area (Å²) >= 11 is 1.73. The van der Waals surface area contributed by atoms with Gasteiger partial charge in [0.15, 0.2) is 0 Å². The lowest BCUT2D eigenvalue weighted by atomic mass is 9.95. The number of aromatic nitrogens is 2. The summed E-state index contributed by atoms with van der Waals surface area (Å²) in [6.45, 7) is 3.75. The second kappa shape index (κ2) is 7.44. The molecule has 0 radical (unpaired) electrons. The van der Waals surface area contributed by atoms with Crippen LogP contribution in [0.5, 0.6) is 0 Å². The second-order valence-corrected chi connectivity index (χ2v) is 9.25. The van der Waals surface area contributed by atoms with Gasteiger partial charge in [0, 0.05) is 50.3 Å². The van der Waals surface area contributed by atoms with E-state index < -0.39 is 0 Å². The predicted octanol–water partition coefficient (Wildman–Crippen LogP) is 2.60. The monoisotopic (exact) mass is 398 g/mol. The summed E-state index contributed by atoms with van der Waals surface area (Å²) in [4.78, 5) is 32.0. The number of amides is 1. The van der Waals surface area contributed by atoms with Gasteiger partial charge < -0.3 is 9.88 Å². The number of hydrogen-bond acceptors (Lipinski definition) is 5. The molecule has 148 valence electrons. The van der Waals surface area contributed by atoms with E-state index in [0.717, 1.165) is 57.7 Å². The first-order chi connectivity index (χ1) is 13.7. The fourth-order valence-electron chi connectivity index (χ4n) is 5.07. The van der Waals surface area contributed by atoms with Gasteiger partial charge in [-0.25, -0.2) is 0 Å². The molecule has 1 aliphatic carbocycles. The summed E-state index contributed by atoms with van der Waals surface area (Å²) in [6.07, 6.45) is 7.31. The largest absolute Gasteiger partial charge is 0.349 e. The van der Waals surface area contributed by atoms with Crippen molar-refractivity contribution < 1.29 is 4.79 Å². The van der Waals surface area contributed by atoms with Crippen molar-refractivity contribution in [2.45, 2.75) is 57.2 Å². The Hall–Kier alpha value is -1.99. The molecule has 2 atom stereocenters. The van der Waals surface area contributed by atoms with Crippen molar-refractivity contribution in [3.63, 3.8) is 0 Å². The number of nitrogens with one attached hydrogen (secondary N) is 1. The SMILES string of the molecule is O=C(NC1CCCCC1)c1cn2c(nc1=O)C1CN(Cc3ccsc3)CC1C2. The number of carbonyl (C=O) groups excluding carboxylic acids is 1. The maximum atomic E-state index is 12.6. The highest BCUT2D eigenvalue weighted by molar-refractivity contribution is 7.07. The standard InChI is InChI=1S/C21H26N4O2S/c26-20(22-16-4-2-1-3-5-16)18-12-25-10-15-9-24(8-14-6-7-28-13-14)11-17(15)19(25)23-21(18)27/h6-7,12-13,15-17H,1-5,8-11H2,(H,22,26). The Morgan fingerprint density at radius 2 is 2.07 bits per heavy atom. The number of nitrogens with zero attached hydrogens (tertiary/aromatic N) is 3. The molecule has 6 nitrogen and oxygen atoms in total. The zero-order valence-corrected chi connectivity index (χ0v) is 16.8. The quantitative estimate of drug-likeness (QED) is 0.860. The first-order valence-electron chi connectivity index (χ1n) is 10.3. The van der Waals surface area contributed by atoms with Gasteiger partial charge in [0.05, 0.1) is 0 Å². The molecule has 2 unspecified atom stereocenters. The lowest BCUT2D eigenvalue weighted by Gasteiger charge is -2.22. The highest BCUT2D eigenvalue weighted by Gasteiger charge is 2.41.